The van der Waals surface area contributed by atoms with Crippen LogP contribution in [0.2, 0.25) is 0 Å². The average Bonchev–Trinajstić information content (AvgIpc) is 3.29. The normalized spacial score (nSPS) is 10.5. The van der Waals surface area contributed by atoms with E-state index in [2.05, 4.69) is 22.8 Å². The molecule has 0 aliphatic carbocycles. The fourth-order valence-corrected chi connectivity index (χ4v) is 4.59. The van der Waals surface area contributed by atoms with Crippen LogP contribution in [-0.4, -0.2) is 24.1 Å². The van der Waals surface area contributed by atoms with E-state index in [0.29, 0.717) is 18.7 Å². The number of thiophene rings is 1. The first-order chi connectivity index (χ1) is 14.7. The zero-order valence-electron chi connectivity index (χ0n) is 16.8. The summed E-state index contributed by atoms with van der Waals surface area (Å²) in [6.07, 6.45) is 3.09. The van der Waals surface area contributed by atoms with Gasteiger partial charge < -0.3 is 10.6 Å². The molecule has 0 unspecified atom stereocenters. The molecule has 4 nitrogen and oxygen atoms in total. The molecule has 0 aliphatic heterocycles. The standard InChI is InChI=1S/C24H26N2O2S2/c27-22(26-21-12-7-11-20(17-21)19-9-3-1-4-10-19)13-5-2-6-15-25-23(28)18-30-24-14-8-16-29-24/h1,3-4,7-12,14,16-17H,2,5-6,13,15,18H2,(H,25,28)(H,26,27). The van der Waals surface area contributed by atoms with Crippen molar-refractivity contribution in [1.82, 2.24) is 5.32 Å². The molecule has 2 N–H and O–H groups in total. The fourth-order valence-electron chi connectivity index (χ4n) is 2.98. The van der Waals surface area contributed by atoms with Crippen LogP contribution in [0.3, 0.4) is 0 Å². The molecule has 0 saturated carbocycles. The number of unbranched alkanes of at least 4 members (excludes halogenated alkanes) is 2. The highest BCUT2D eigenvalue weighted by Crippen LogP contribution is 2.23. The second-order valence-corrected chi connectivity index (χ2v) is 9.10. The fraction of sp³-hybridized carbons (Fsp3) is 0.250. The van der Waals surface area contributed by atoms with E-state index in [-0.39, 0.29) is 11.8 Å². The van der Waals surface area contributed by atoms with Crippen LogP contribution < -0.4 is 10.6 Å². The maximum absolute atomic E-state index is 12.2. The Morgan fingerprint density at radius 2 is 1.67 bits per heavy atom. The van der Waals surface area contributed by atoms with Gasteiger partial charge in [0.25, 0.3) is 0 Å². The van der Waals surface area contributed by atoms with E-state index in [0.717, 1.165) is 40.3 Å². The number of thioether (sulfide) groups is 1. The third-order valence-electron chi connectivity index (χ3n) is 4.50. The van der Waals surface area contributed by atoms with Crippen molar-refractivity contribution in [3.63, 3.8) is 0 Å². The zero-order chi connectivity index (χ0) is 21.0. The van der Waals surface area contributed by atoms with Gasteiger partial charge >= 0.3 is 0 Å². The van der Waals surface area contributed by atoms with Gasteiger partial charge in [0.1, 0.15) is 0 Å². The first-order valence-electron chi connectivity index (χ1n) is 10.1. The Bertz CT molecular complexity index is 927. The molecule has 0 aliphatic rings. The first-order valence-corrected chi connectivity index (χ1v) is 12.0. The van der Waals surface area contributed by atoms with Crippen LogP contribution in [0, 0.1) is 0 Å². The monoisotopic (exact) mass is 438 g/mol. The van der Waals surface area contributed by atoms with Crippen molar-refractivity contribution in [2.45, 2.75) is 29.9 Å². The van der Waals surface area contributed by atoms with Crippen molar-refractivity contribution in [2.75, 3.05) is 17.6 Å². The van der Waals surface area contributed by atoms with Crippen LogP contribution >= 0.6 is 23.1 Å². The lowest BCUT2D eigenvalue weighted by molar-refractivity contribution is -0.118. The van der Waals surface area contributed by atoms with E-state index < -0.39 is 0 Å². The maximum Gasteiger partial charge on any atom is 0.230 e. The molecule has 1 aromatic heterocycles. The van der Waals surface area contributed by atoms with Crippen LogP contribution in [0.4, 0.5) is 5.69 Å². The van der Waals surface area contributed by atoms with E-state index in [9.17, 15) is 9.59 Å². The minimum Gasteiger partial charge on any atom is -0.355 e. The van der Waals surface area contributed by atoms with Gasteiger partial charge in [-0.3, -0.25) is 9.59 Å². The summed E-state index contributed by atoms with van der Waals surface area (Å²) in [6.45, 7) is 0.657. The number of hydrogen-bond acceptors (Lipinski definition) is 4. The number of carbonyl (C=O) groups is 2. The Morgan fingerprint density at radius 3 is 2.47 bits per heavy atom. The van der Waals surface area contributed by atoms with Gasteiger partial charge in [-0.05, 0) is 47.5 Å². The van der Waals surface area contributed by atoms with Crippen LogP contribution in [0.5, 0.6) is 0 Å². The first kappa shape index (κ1) is 22.1. The van der Waals surface area contributed by atoms with Gasteiger partial charge in [0.15, 0.2) is 0 Å². The van der Waals surface area contributed by atoms with E-state index in [1.54, 1.807) is 23.1 Å². The summed E-state index contributed by atoms with van der Waals surface area (Å²) >= 11 is 3.21. The lowest BCUT2D eigenvalue weighted by Gasteiger charge is -2.08. The molecule has 0 spiro atoms. The molecule has 0 atom stereocenters. The van der Waals surface area contributed by atoms with Crippen molar-refractivity contribution >= 4 is 40.6 Å². The second-order valence-electron chi connectivity index (χ2n) is 6.88. The number of nitrogens with one attached hydrogen (secondary N) is 2. The van der Waals surface area contributed by atoms with E-state index in [4.69, 9.17) is 0 Å². The summed E-state index contributed by atoms with van der Waals surface area (Å²) in [7, 11) is 0. The number of amides is 2. The molecular formula is C24H26N2O2S2. The smallest absolute Gasteiger partial charge is 0.230 e. The largest absolute Gasteiger partial charge is 0.355 e. The van der Waals surface area contributed by atoms with Gasteiger partial charge in [0.2, 0.25) is 11.8 Å². The Balaban J connectivity index is 1.28. The molecular weight excluding hydrogens is 412 g/mol. The van der Waals surface area contributed by atoms with Gasteiger partial charge in [-0.1, -0.05) is 55.0 Å². The highest BCUT2D eigenvalue weighted by Gasteiger charge is 2.05. The quantitative estimate of drug-likeness (QED) is 0.293. The molecule has 0 radical (unpaired) electrons. The van der Waals surface area contributed by atoms with Gasteiger partial charge in [-0.2, -0.15) is 0 Å². The lowest BCUT2D eigenvalue weighted by Crippen LogP contribution is -2.26. The number of carbonyl (C=O) groups excluding carboxylic acids is 2. The Morgan fingerprint density at radius 1 is 0.833 bits per heavy atom. The SMILES string of the molecule is O=C(CSc1cccs1)NCCCCCC(=O)Nc1cccc(-c2ccccc2)c1. The minimum atomic E-state index is 0.0246. The van der Waals surface area contributed by atoms with Crippen molar-refractivity contribution in [2.24, 2.45) is 0 Å². The topological polar surface area (TPSA) is 58.2 Å². The zero-order valence-corrected chi connectivity index (χ0v) is 18.4. The second kappa shape index (κ2) is 12.2. The molecule has 3 aromatic rings. The van der Waals surface area contributed by atoms with E-state index in [1.165, 1.54) is 0 Å². The highest BCUT2D eigenvalue weighted by atomic mass is 32.2. The molecule has 0 bridgehead atoms. The molecule has 2 amide bonds. The Kier molecular flexibility index (Phi) is 9.00. The van der Waals surface area contributed by atoms with Crippen molar-refractivity contribution in [1.29, 1.82) is 0 Å². The summed E-state index contributed by atoms with van der Waals surface area (Å²) in [5.74, 6) is 0.534. The van der Waals surface area contributed by atoms with Crippen LogP contribution in [-0.2, 0) is 9.59 Å². The minimum absolute atomic E-state index is 0.0246. The molecule has 0 fully saturated rings. The molecule has 0 saturated heterocycles. The van der Waals surface area contributed by atoms with Crippen molar-refractivity contribution in [3.05, 3.63) is 72.1 Å². The van der Waals surface area contributed by atoms with Gasteiger partial charge in [-0.25, -0.2) is 0 Å². The highest BCUT2D eigenvalue weighted by molar-refractivity contribution is 8.01. The lowest BCUT2D eigenvalue weighted by atomic mass is 10.1. The number of anilines is 1. The number of hydrogen-bond donors (Lipinski definition) is 2. The average molecular weight is 439 g/mol. The maximum atomic E-state index is 12.2. The van der Waals surface area contributed by atoms with Crippen LogP contribution in [0.25, 0.3) is 11.1 Å². The summed E-state index contributed by atoms with van der Waals surface area (Å²) in [4.78, 5) is 24.0. The van der Waals surface area contributed by atoms with Gasteiger partial charge in [0, 0.05) is 18.7 Å². The summed E-state index contributed by atoms with van der Waals surface area (Å²) < 4.78 is 1.16. The molecule has 6 heteroatoms. The summed E-state index contributed by atoms with van der Waals surface area (Å²) in [5, 5.41) is 7.93. The number of rotatable bonds is 11. The molecule has 1 heterocycles. The van der Waals surface area contributed by atoms with Crippen molar-refractivity contribution < 1.29 is 9.59 Å². The third-order valence-corrected chi connectivity index (χ3v) is 6.63. The number of benzene rings is 2. The Labute approximate surface area is 186 Å². The van der Waals surface area contributed by atoms with Crippen molar-refractivity contribution in [3.8, 4) is 11.1 Å². The molecule has 3 rings (SSSR count). The predicted octanol–water partition coefficient (Wildman–Crippen LogP) is 5.82. The molecule has 30 heavy (non-hydrogen) atoms. The van der Waals surface area contributed by atoms with E-state index >= 15 is 0 Å². The van der Waals surface area contributed by atoms with Crippen LogP contribution in [0.15, 0.2) is 76.3 Å². The summed E-state index contributed by atoms with van der Waals surface area (Å²) in [6, 6.07) is 22.0. The van der Waals surface area contributed by atoms with Gasteiger partial charge in [0.05, 0.1) is 9.96 Å². The van der Waals surface area contributed by atoms with Gasteiger partial charge in [-0.15, -0.1) is 23.1 Å². The Hall–Kier alpha value is -2.57. The summed E-state index contributed by atoms with van der Waals surface area (Å²) in [5.41, 5.74) is 3.03. The van der Waals surface area contributed by atoms with Crippen LogP contribution in [0.1, 0.15) is 25.7 Å². The predicted molar refractivity (Wildman–Crippen MR) is 127 cm³/mol. The van der Waals surface area contributed by atoms with E-state index in [1.807, 2.05) is 60.0 Å². The molecule has 2 aromatic carbocycles. The molecule has 156 valence electrons. The third kappa shape index (κ3) is 7.69.